The van der Waals surface area contributed by atoms with Gasteiger partial charge in [-0.3, -0.25) is 4.79 Å². The average Bonchev–Trinajstić information content (AvgIpc) is 2.98. The summed E-state index contributed by atoms with van der Waals surface area (Å²) in [4.78, 5) is 23.5. The predicted molar refractivity (Wildman–Crippen MR) is 91.3 cm³/mol. The van der Waals surface area contributed by atoms with Gasteiger partial charge >= 0.3 is 12.1 Å². The lowest BCUT2D eigenvalue weighted by molar-refractivity contribution is -0.138. The topological polar surface area (TPSA) is 119 Å². The van der Waals surface area contributed by atoms with Gasteiger partial charge in [0.2, 0.25) is 0 Å². The highest BCUT2D eigenvalue weighted by Gasteiger charge is 2.54. The Morgan fingerprint density at radius 3 is 2.73 bits per heavy atom. The van der Waals surface area contributed by atoms with Crippen LogP contribution in [0, 0.1) is 0 Å². The maximum Gasteiger partial charge on any atom is 0.407 e. The van der Waals surface area contributed by atoms with E-state index in [9.17, 15) is 23.1 Å². The SMILES string of the molecule is O=C(NC1CCOC12CCS(=O)(=O)C(C(=O)O)C2)OCc1ccccc1. The highest BCUT2D eigenvalue weighted by Crippen LogP contribution is 2.40. The molecule has 142 valence electrons. The summed E-state index contributed by atoms with van der Waals surface area (Å²) in [5.41, 5.74) is -0.144. The molecule has 3 atom stereocenters. The number of carbonyl (C=O) groups excluding carboxylic acids is 1. The van der Waals surface area contributed by atoms with Gasteiger partial charge in [0.05, 0.1) is 17.4 Å². The number of carbonyl (C=O) groups is 2. The van der Waals surface area contributed by atoms with Crippen LogP contribution in [0.1, 0.15) is 24.8 Å². The molecule has 1 aromatic carbocycles. The van der Waals surface area contributed by atoms with Gasteiger partial charge in [-0.1, -0.05) is 30.3 Å². The lowest BCUT2D eigenvalue weighted by atomic mass is 9.86. The van der Waals surface area contributed by atoms with E-state index in [1.54, 1.807) is 0 Å². The van der Waals surface area contributed by atoms with E-state index in [4.69, 9.17) is 9.47 Å². The van der Waals surface area contributed by atoms with E-state index < -0.39 is 38.8 Å². The summed E-state index contributed by atoms with van der Waals surface area (Å²) in [6.07, 6.45) is -0.173. The minimum Gasteiger partial charge on any atom is -0.480 e. The third kappa shape index (κ3) is 3.83. The molecule has 0 bridgehead atoms. The number of sulfone groups is 1. The Morgan fingerprint density at radius 1 is 1.31 bits per heavy atom. The average molecular weight is 383 g/mol. The van der Waals surface area contributed by atoms with Crippen LogP contribution in [0.5, 0.6) is 0 Å². The quantitative estimate of drug-likeness (QED) is 0.799. The Labute approximate surface area is 151 Å². The Morgan fingerprint density at radius 2 is 2.04 bits per heavy atom. The van der Waals surface area contributed by atoms with Gasteiger partial charge in [-0.25, -0.2) is 13.2 Å². The zero-order valence-electron chi connectivity index (χ0n) is 14.1. The van der Waals surface area contributed by atoms with Gasteiger partial charge in [0, 0.05) is 13.0 Å². The van der Waals surface area contributed by atoms with Crippen molar-refractivity contribution >= 4 is 21.9 Å². The van der Waals surface area contributed by atoms with Crippen LogP contribution < -0.4 is 5.32 Å². The molecule has 9 heteroatoms. The lowest BCUT2D eigenvalue weighted by Crippen LogP contribution is -2.57. The van der Waals surface area contributed by atoms with Crippen molar-refractivity contribution in [3.05, 3.63) is 35.9 Å². The van der Waals surface area contributed by atoms with Crippen LogP contribution in [0.4, 0.5) is 4.79 Å². The van der Waals surface area contributed by atoms with E-state index in [0.717, 1.165) is 5.56 Å². The summed E-state index contributed by atoms with van der Waals surface area (Å²) in [7, 11) is -3.71. The van der Waals surface area contributed by atoms with Crippen LogP contribution in [-0.2, 0) is 30.7 Å². The number of alkyl carbamates (subject to hydrolysis) is 1. The van der Waals surface area contributed by atoms with E-state index in [0.29, 0.717) is 13.0 Å². The van der Waals surface area contributed by atoms with Crippen molar-refractivity contribution in [3.63, 3.8) is 0 Å². The Bertz CT molecular complexity index is 780. The van der Waals surface area contributed by atoms with Crippen molar-refractivity contribution in [2.24, 2.45) is 0 Å². The summed E-state index contributed by atoms with van der Waals surface area (Å²) in [6.45, 7) is 0.440. The molecule has 0 aromatic heterocycles. The van der Waals surface area contributed by atoms with E-state index in [2.05, 4.69) is 5.32 Å². The number of rotatable bonds is 4. The van der Waals surface area contributed by atoms with Crippen LogP contribution >= 0.6 is 0 Å². The summed E-state index contributed by atoms with van der Waals surface area (Å²) < 4.78 is 34.9. The molecule has 2 saturated heterocycles. The van der Waals surface area contributed by atoms with E-state index in [-0.39, 0.29) is 25.2 Å². The fourth-order valence-electron chi connectivity index (χ4n) is 3.54. The minimum atomic E-state index is -3.71. The zero-order chi connectivity index (χ0) is 18.8. The highest BCUT2D eigenvalue weighted by molar-refractivity contribution is 7.92. The molecule has 2 aliphatic rings. The Balaban J connectivity index is 1.64. The monoisotopic (exact) mass is 383 g/mol. The van der Waals surface area contributed by atoms with Gasteiger partial charge < -0.3 is 19.9 Å². The normalized spacial score (nSPS) is 30.0. The van der Waals surface area contributed by atoms with Crippen molar-refractivity contribution < 1.29 is 32.6 Å². The number of ether oxygens (including phenoxy) is 2. The fraction of sp³-hybridized carbons (Fsp3) is 0.529. The van der Waals surface area contributed by atoms with Crippen LogP contribution in [0.2, 0.25) is 0 Å². The van der Waals surface area contributed by atoms with Gasteiger partial charge in [-0.2, -0.15) is 0 Å². The molecule has 0 radical (unpaired) electrons. The first-order chi connectivity index (χ1) is 12.3. The molecule has 2 aliphatic heterocycles. The lowest BCUT2D eigenvalue weighted by Gasteiger charge is -2.39. The highest BCUT2D eigenvalue weighted by atomic mass is 32.2. The molecule has 1 spiro atoms. The van der Waals surface area contributed by atoms with Gasteiger partial charge in [0.25, 0.3) is 0 Å². The van der Waals surface area contributed by atoms with E-state index in [1.807, 2.05) is 30.3 Å². The smallest absolute Gasteiger partial charge is 0.407 e. The molecule has 2 heterocycles. The third-order valence-electron chi connectivity index (χ3n) is 4.99. The third-order valence-corrected chi connectivity index (χ3v) is 6.99. The molecule has 3 rings (SSSR count). The molecular weight excluding hydrogens is 362 g/mol. The molecule has 8 nitrogen and oxygen atoms in total. The van der Waals surface area contributed by atoms with Crippen molar-refractivity contribution in [2.75, 3.05) is 12.4 Å². The number of hydrogen-bond acceptors (Lipinski definition) is 6. The summed E-state index contributed by atoms with van der Waals surface area (Å²) in [5, 5.41) is 10.5. The van der Waals surface area contributed by atoms with Crippen molar-refractivity contribution in [3.8, 4) is 0 Å². The Kier molecular flexibility index (Phi) is 5.19. The van der Waals surface area contributed by atoms with Gasteiger partial charge in [0.15, 0.2) is 15.1 Å². The summed E-state index contributed by atoms with van der Waals surface area (Å²) in [6, 6.07) is 8.71. The first-order valence-electron chi connectivity index (χ1n) is 8.38. The number of hydrogen-bond donors (Lipinski definition) is 2. The van der Waals surface area contributed by atoms with Crippen LogP contribution in [0.3, 0.4) is 0 Å². The molecule has 2 fully saturated rings. The second-order valence-corrected chi connectivity index (χ2v) is 8.91. The molecule has 3 unspecified atom stereocenters. The summed E-state index contributed by atoms with van der Waals surface area (Å²) >= 11 is 0. The van der Waals surface area contributed by atoms with Gasteiger partial charge in [0.1, 0.15) is 6.61 Å². The van der Waals surface area contributed by atoms with Gasteiger partial charge in [-0.05, 0) is 18.4 Å². The van der Waals surface area contributed by atoms with Gasteiger partial charge in [-0.15, -0.1) is 0 Å². The molecule has 26 heavy (non-hydrogen) atoms. The maximum atomic E-state index is 12.1. The number of carboxylic acid groups (broad SMARTS) is 1. The van der Waals surface area contributed by atoms with E-state index in [1.165, 1.54) is 0 Å². The second kappa shape index (κ2) is 7.24. The second-order valence-electron chi connectivity index (χ2n) is 6.61. The molecular formula is C17H21NO7S. The standard InChI is InChI=1S/C17H21NO7S/c19-15(20)13-10-17(7-9-26(13,22)23)14(6-8-25-17)18-16(21)24-11-12-4-2-1-3-5-12/h1-5,13-14H,6-11H2,(H,18,21)(H,19,20). The first kappa shape index (κ1) is 18.7. The summed E-state index contributed by atoms with van der Waals surface area (Å²) in [5.74, 6) is -1.66. The van der Waals surface area contributed by atoms with Crippen LogP contribution in [-0.4, -0.2) is 54.8 Å². The number of nitrogens with one attached hydrogen (secondary N) is 1. The maximum absolute atomic E-state index is 12.1. The van der Waals surface area contributed by atoms with E-state index >= 15 is 0 Å². The predicted octanol–water partition coefficient (Wildman–Crippen LogP) is 1.10. The fourth-order valence-corrected chi connectivity index (χ4v) is 5.30. The Hall–Kier alpha value is -2.13. The minimum absolute atomic E-state index is 0.110. The van der Waals surface area contributed by atoms with Crippen LogP contribution in [0.25, 0.3) is 0 Å². The molecule has 0 aliphatic carbocycles. The molecule has 2 N–H and O–H groups in total. The van der Waals surface area contributed by atoms with Crippen LogP contribution in [0.15, 0.2) is 30.3 Å². The number of benzene rings is 1. The molecule has 0 saturated carbocycles. The molecule has 1 amide bonds. The first-order valence-corrected chi connectivity index (χ1v) is 10.1. The largest absolute Gasteiger partial charge is 0.480 e. The number of amides is 1. The van der Waals surface area contributed by atoms with Crippen molar-refractivity contribution in [1.29, 1.82) is 0 Å². The number of carboxylic acids is 1. The number of aliphatic carboxylic acids is 1. The van der Waals surface area contributed by atoms with Crippen molar-refractivity contribution in [2.45, 2.75) is 42.8 Å². The van der Waals surface area contributed by atoms with Crippen molar-refractivity contribution in [1.82, 2.24) is 5.32 Å². The zero-order valence-corrected chi connectivity index (χ0v) is 14.9. The molecule has 1 aromatic rings.